The Morgan fingerprint density at radius 2 is 2.00 bits per heavy atom. The predicted molar refractivity (Wildman–Crippen MR) is 121 cm³/mol. The lowest BCUT2D eigenvalue weighted by molar-refractivity contribution is -0.138. The first-order valence-electron chi connectivity index (χ1n) is 11.4. The number of amides is 2. The molecule has 1 unspecified atom stereocenters. The molecule has 0 bridgehead atoms. The summed E-state index contributed by atoms with van der Waals surface area (Å²) >= 11 is 0. The number of carbonyl (C=O) groups excluding carboxylic acids is 2. The number of hydrogen-bond acceptors (Lipinski definition) is 5. The third-order valence-corrected chi connectivity index (χ3v) is 5.96. The van der Waals surface area contributed by atoms with E-state index in [-0.39, 0.29) is 36.0 Å². The number of piperidine rings is 1. The summed E-state index contributed by atoms with van der Waals surface area (Å²) in [6.07, 6.45) is 4.65. The van der Waals surface area contributed by atoms with Gasteiger partial charge in [0.25, 0.3) is 5.91 Å². The first kappa shape index (κ1) is 24.5. The third kappa shape index (κ3) is 6.28. The molecule has 0 radical (unpaired) electrons. The molecule has 2 aliphatic rings. The molecule has 1 aromatic carbocycles. The van der Waals surface area contributed by atoms with Gasteiger partial charge >= 0.3 is 6.18 Å². The van der Waals surface area contributed by atoms with Crippen LogP contribution in [0.3, 0.4) is 0 Å². The van der Waals surface area contributed by atoms with Crippen LogP contribution in [-0.2, 0) is 11.0 Å². The van der Waals surface area contributed by atoms with Gasteiger partial charge in [0.05, 0.1) is 24.3 Å². The van der Waals surface area contributed by atoms with Gasteiger partial charge in [-0.05, 0) is 31.5 Å². The number of nitrogens with one attached hydrogen (secondary N) is 1. The summed E-state index contributed by atoms with van der Waals surface area (Å²) in [5.41, 5.74) is 0.476. The Labute approximate surface area is 200 Å². The fourth-order valence-electron chi connectivity index (χ4n) is 4.07. The molecule has 1 aliphatic heterocycles. The molecule has 11 heteroatoms. The maximum atomic E-state index is 12.9. The van der Waals surface area contributed by atoms with Crippen LogP contribution in [0, 0.1) is 0 Å². The highest BCUT2D eigenvalue weighted by Crippen LogP contribution is 2.32. The number of carbonyl (C=O) groups is 2. The lowest BCUT2D eigenvalue weighted by atomic mass is 10.0. The summed E-state index contributed by atoms with van der Waals surface area (Å²) in [7, 11) is 0. The standard InChI is InChI=1S/C24H26F3N5O3/c1-16-4-2-6-18(12-16)32-15-21(29-30-32)23(34)28-14-22(33)31-10-8-19(9-11-31)35-20-7-3-5-17(13-20)24(25,26)27/h2-5,7,12-13,15,18-19H,6,8-11,14H2,1H3,(H,28,34). The molecule has 8 nitrogen and oxygen atoms in total. The number of allylic oxidation sites excluding steroid dienone is 4. The van der Waals surface area contributed by atoms with Gasteiger partial charge < -0.3 is 15.0 Å². The molecule has 2 amide bonds. The number of nitrogens with zero attached hydrogens (tertiary/aromatic N) is 4. The Morgan fingerprint density at radius 3 is 2.71 bits per heavy atom. The Bertz CT molecular complexity index is 1130. The molecule has 186 valence electrons. The van der Waals surface area contributed by atoms with E-state index in [1.807, 2.05) is 25.2 Å². The van der Waals surface area contributed by atoms with Crippen molar-refractivity contribution in [1.82, 2.24) is 25.2 Å². The minimum Gasteiger partial charge on any atom is -0.490 e. The lowest BCUT2D eigenvalue weighted by Crippen LogP contribution is -2.46. The van der Waals surface area contributed by atoms with Gasteiger partial charge in [0, 0.05) is 25.9 Å². The molecular formula is C24H26F3N5O3. The zero-order valence-corrected chi connectivity index (χ0v) is 19.2. The molecule has 1 aromatic heterocycles. The third-order valence-electron chi connectivity index (χ3n) is 5.96. The quantitative estimate of drug-likeness (QED) is 0.671. The molecule has 4 rings (SSSR count). The molecule has 1 fully saturated rings. The van der Waals surface area contributed by atoms with Crippen molar-refractivity contribution in [3.05, 3.63) is 65.5 Å². The van der Waals surface area contributed by atoms with Gasteiger partial charge in [-0.2, -0.15) is 13.2 Å². The number of hydrogen-bond donors (Lipinski definition) is 1. The normalized spacial score (nSPS) is 18.8. The van der Waals surface area contributed by atoms with Crippen LogP contribution in [0.1, 0.15) is 48.3 Å². The van der Waals surface area contributed by atoms with E-state index in [0.29, 0.717) is 25.9 Å². The fraction of sp³-hybridized carbons (Fsp3) is 0.417. The summed E-state index contributed by atoms with van der Waals surface area (Å²) in [6, 6.07) is 4.76. The van der Waals surface area contributed by atoms with Crippen molar-refractivity contribution in [3.63, 3.8) is 0 Å². The SMILES string of the molecule is CC1=CC(n2cc(C(=O)NCC(=O)N3CCC(Oc4cccc(C(F)(F)F)c4)CC3)nn2)CC=C1. The van der Waals surface area contributed by atoms with Gasteiger partial charge in [0.2, 0.25) is 5.91 Å². The van der Waals surface area contributed by atoms with Crippen LogP contribution in [0.25, 0.3) is 0 Å². The number of benzene rings is 1. The van der Waals surface area contributed by atoms with E-state index in [0.717, 1.165) is 24.1 Å². The first-order chi connectivity index (χ1) is 16.7. The summed E-state index contributed by atoms with van der Waals surface area (Å²) in [5, 5.41) is 10.5. The van der Waals surface area contributed by atoms with Crippen LogP contribution < -0.4 is 10.1 Å². The largest absolute Gasteiger partial charge is 0.490 e. The Morgan fingerprint density at radius 1 is 1.23 bits per heavy atom. The lowest BCUT2D eigenvalue weighted by Gasteiger charge is -2.32. The molecular weight excluding hydrogens is 463 g/mol. The highest BCUT2D eigenvalue weighted by atomic mass is 19.4. The van der Waals surface area contributed by atoms with E-state index in [1.165, 1.54) is 12.1 Å². The summed E-state index contributed by atoms with van der Waals surface area (Å²) in [4.78, 5) is 26.6. The van der Waals surface area contributed by atoms with Gasteiger partial charge in [-0.1, -0.05) is 35.1 Å². The van der Waals surface area contributed by atoms with Gasteiger partial charge in [-0.15, -0.1) is 5.10 Å². The Hall–Kier alpha value is -3.63. The Balaban J connectivity index is 1.22. The van der Waals surface area contributed by atoms with Crippen LogP contribution in [0.4, 0.5) is 13.2 Å². The van der Waals surface area contributed by atoms with E-state index in [4.69, 9.17) is 4.74 Å². The summed E-state index contributed by atoms with van der Waals surface area (Å²) in [5.74, 6) is -0.585. The molecule has 35 heavy (non-hydrogen) atoms. The van der Waals surface area contributed by atoms with E-state index >= 15 is 0 Å². The number of alkyl halides is 3. The monoisotopic (exact) mass is 489 g/mol. The highest BCUT2D eigenvalue weighted by Gasteiger charge is 2.31. The van der Waals surface area contributed by atoms with E-state index in [9.17, 15) is 22.8 Å². The van der Waals surface area contributed by atoms with E-state index < -0.39 is 17.6 Å². The van der Waals surface area contributed by atoms with Crippen molar-refractivity contribution >= 4 is 11.8 Å². The summed E-state index contributed by atoms with van der Waals surface area (Å²) < 4.78 is 46.0. The van der Waals surface area contributed by atoms with Gasteiger partial charge in [0.1, 0.15) is 11.9 Å². The molecule has 1 atom stereocenters. The number of rotatable bonds is 6. The fourth-order valence-corrected chi connectivity index (χ4v) is 4.07. The van der Waals surface area contributed by atoms with Crippen LogP contribution >= 0.6 is 0 Å². The second-order valence-corrected chi connectivity index (χ2v) is 8.61. The van der Waals surface area contributed by atoms with Crippen LogP contribution in [-0.4, -0.2) is 57.4 Å². The topological polar surface area (TPSA) is 89.4 Å². The molecule has 0 saturated carbocycles. The molecule has 1 N–H and O–H groups in total. The van der Waals surface area contributed by atoms with Gasteiger partial charge in [-0.3, -0.25) is 9.59 Å². The maximum absolute atomic E-state index is 12.9. The maximum Gasteiger partial charge on any atom is 0.416 e. The minimum absolute atomic E-state index is 0.00451. The molecule has 0 spiro atoms. The Kier molecular flexibility index (Phi) is 7.23. The van der Waals surface area contributed by atoms with Crippen molar-refractivity contribution < 1.29 is 27.5 Å². The van der Waals surface area contributed by atoms with Crippen LogP contribution in [0.2, 0.25) is 0 Å². The predicted octanol–water partition coefficient (Wildman–Crippen LogP) is 3.54. The molecule has 1 saturated heterocycles. The number of halogens is 3. The van der Waals surface area contributed by atoms with E-state index in [2.05, 4.69) is 15.6 Å². The van der Waals surface area contributed by atoms with Crippen molar-refractivity contribution in [3.8, 4) is 5.75 Å². The number of ether oxygens (including phenoxy) is 1. The number of likely N-dealkylation sites (tertiary alicyclic amines) is 1. The van der Waals surface area contributed by atoms with Gasteiger partial charge in [0.15, 0.2) is 5.69 Å². The van der Waals surface area contributed by atoms with Crippen molar-refractivity contribution in [1.29, 1.82) is 0 Å². The summed E-state index contributed by atoms with van der Waals surface area (Å²) in [6.45, 7) is 2.57. The van der Waals surface area contributed by atoms with Crippen LogP contribution in [0.15, 0.2) is 54.3 Å². The van der Waals surface area contributed by atoms with Crippen molar-refractivity contribution in [2.24, 2.45) is 0 Å². The minimum atomic E-state index is -4.43. The van der Waals surface area contributed by atoms with Crippen molar-refractivity contribution in [2.75, 3.05) is 19.6 Å². The molecule has 2 aromatic rings. The zero-order valence-electron chi connectivity index (χ0n) is 19.2. The van der Waals surface area contributed by atoms with Crippen LogP contribution in [0.5, 0.6) is 5.75 Å². The molecule has 1 aliphatic carbocycles. The average Bonchev–Trinajstić information content (AvgIpc) is 3.33. The second kappa shape index (κ2) is 10.3. The van der Waals surface area contributed by atoms with Gasteiger partial charge in [-0.25, -0.2) is 4.68 Å². The zero-order chi connectivity index (χ0) is 25.0. The van der Waals surface area contributed by atoms with E-state index in [1.54, 1.807) is 15.8 Å². The first-order valence-corrected chi connectivity index (χ1v) is 11.4. The number of aromatic nitrogens is 3. The molecule has 2 heterocycles. The average molecular weight is 489 g/mol. The highest BCUT2D eigenvalue weighted by molar-refractivity contribution is 5.94. The second-order valence-electron chi connectivity index (χ2n) is 8.61. The van der Waals surface area contributed by atoms with Crippen molar-refractivity contribution in [2.45, 2.75) is 44.5 Å². The smallest absolute Gasteiger partial charge is 0.416 e.